The van der Waals surface area contributed by atoms with Crippen LogP contribution in [-0.4, -0.2) is 17.1 Å². The first-order chi connectivity index (χ1) is 13.1. The van der Waals surface area contributed by atoms with Crippen LogP contribution in [0, 0.1) is 6.92 Å². The molecular formula is C20H15ClN2O2S2. The number of H-pyrrole nitrogens is 1. The molecular weight excluding hydrogens is 400 g/mol. The molecule has 0 spiro atoms. The molecule has 4 aromatic rings. The zero-order valence-corrected chi connectivity index (χ0v) is 17.0. The summed E-state index contributed by atoms with van der Waals surface area (Å²) in [4.78, 5) is 21.8. The summed E-state index contributed by atoms with van der Waals surface area (Å²) in [5, 5.41) is 4.94. The van der Waals surface area contributed by atoms with Crippen molar-refractivity contribution in [2.24, 2.45) is 0 Å². The minimum Gasteiger partial charge on any atom is -0.496 e. The van der Waals surface area contributed by atoms with E-state index in [9.17, 15) is 4.79 Å². The van der Waals surface area contributed by atoms with Crippen LogP contribution >= 0.6 is 34.3 Å². The number of fused-ring (bicyclic) bond motifs is 1. The van der Waals surface area contributed by atoms with E-state index < -0.39 is 0 Å². The quantitative estimate of drug-likeness (QED) is 0.461. The first-order valence-corrected chi connectivity index (χ1v) is 10.3. The van der Waals surface area contributed by atoms with E-state index in [0.29, 0.717) is 21.1 Å². The number of rotatable bonds is 4. The highest BCUT2D eigenvalue weighted by Crippen LogP contribution is 2.34. The third-order valence-corrected chi connectivity index (χ3v) is 6.23. The van der Waals surface area contributed by atoms with E-state index >= 15 is 0 Å². The second-order valence-electron chi connectivity index (χ2n) is 5.94. The molecule has 1 N–H and O–H groups in total. The van der Waals surface area contributed by atoms with Gasteiger partial charge in [-0.1, -0.05) is 23.7 Å². The first kappa shape index (κ1) is 18.0. The number of aromatic nitrogens is 2. The van der Waals surface area contributed by atoms with Crippen LogP contribution in [-0.2, 0) is 0 Å². The smallest absolute Gasteiger partial charge is 0.260 e. The number of aryl methyl sites for hydroxylation is 1. The molecule has 136 valence electrons. The summed E-state index contributed by atoms with van der Waals surface area (Å²) >= 11 is 9.49. The molecule has 7 heteroatoms. The highest BCUT2D eigenvalue weighted by atomic mass is 35.5. The average Bonchev–Trinajstić information content (AvgIpc) is 3.31. The predicted molar refractivity (Wildman–Crippen MR) is 115 cm³/mol. The van der Waals surface area contributed by atoms with Crippen LogP contribution < -0.4 is 10.3 Å². The van der Waals surface area contributed by atoms with Gasteiger partial charge in [0.05, 0.1) is 17.5 Å². The average molecular weight is 415 g/mol. The standard InChI is InChI=1S/C20H15ClN2O2S2/c1-11-8-12(5-6-15(11)25-2)9-14(21)18-22-19(24)17-13(10-27-20(17)23-18)16-4-3-7-26-16/h3-10H,1-2H3,(H,22,23,24)/b14-9-. The topological polar surface area (TPSA) is 55.0 Å². The molecule has 0 bridgehead atoms. The van der Waals surface area contributed by atoms with Gasteiger partial charge in [0.2, 0.25) is 0 Å². The normalized spacial score (nSPS) is 11.9. The highest BCUT2D eigenvalue weighted by molar-refractivity contribution is 7.18. The third-order valence-electron chi connectivity index (χ3n) is 4.17. The lowest BCUT2D eigenvalue weighted by Crippen LogP contribution is -2.10. The van der Waals surface area contributed by atoms with Crippen LogP contribution in [0.2, 0.25) is 0 Å². The number of aromatic amines is 1. The molecule has 0 aliphatic rings. The summed E-state index contributed by atoms with van der Waals surface area (Å²) < 4.78 is 5.28. The van der Waals surface area contributed by atoms with Crippen molar-refractivity contribution in [1.29, 1.82) is 0 Å². The first-order valence-electron chi connectivity index (χ1n) is 8.14. The van der Waals surface area contributed by atoms with Gasteiger partial charge in [-0.3, -0.25) is 4.79 Å². The Balaban J connectivity index is 1.76. The maximum absolute atomic E-state index is 12.7. The molecule has 0 atom stereocenters. The molecule has 0 radical (unpaired) electrons. The molecule has 3 aromatic heterocycles. The number of hydrogen-bond acceptors (Lipinski definition) is 5. The van der Waals surface area contributed by atoms with Crippen molar-refractivity contribution in [3.8, 4) is 16.2 Å². The summed E-state index contributed by atoms with van der Waals surface area (Å²) in [5.41, 5.74) is 2.64. The van der Waals surface area contributed by atoms with E-state index in [-0.39, 0.29) is 5.56 Å². The molecule has 0 unspecified atom stereocenters. The van der Waals surface area contributed by atoms with Crippen molar-refractivity contribution in [1.82, 2.24) is 9.97 Å². The number of benzene rings is 1. The number of halogens is 1. The number of nitrogens with one attached hydrogen (secondary N) is 1. The second kappa shape index (κ2) is 7.31. The molecule has 0 saturated carbocycles. The van der Waals surface area contributed by atoms with Gasteiger partial charge in [-0.15, -0.1) is 22.7 Å². The lowest BCUT2D eigenvalue weighted by atomic mass is 10.1. The monoisotopic (exact) mass is 414 g/mol. The number of methoxy groups -OCH3 is 1. The molecule has 3 heterocycles. The number of thiophene rings is 2. The van der Waals surface area contributed by atoms with E-state index in [4.69, 9.17) is 16.3 Å². The van der Waals surface area contributed by atoms with Gasteiger partial charge >= 0.3 is 0 Å². The highest BCUT2D eigenvalue weighted by Gasteiger charge is 2.14. The van der Waals surface area contributed by atoms with E-state index in [0.717, 1.165) is 27.3 Å². The Morgan fingerprint density at radius 3 is 2.85 bits per heavy atom. The van der Waals surface area contributed by atoms with Gasteiger partial charge in [-0.2, -0.15) is 0 Å². The number of ether oxygens (including phenoxy) is 1. The number of nitrogens with zero attached hydrogens (tertiary/aromatic N) is 1. The summed E-state index contributed by atoms with van der Waals surface area (Å²) in [5.74, 6) is 1.18. The van der Waals surface area contributed by atoms with Crippen LogP contribution in [0.4, 0.5) is 0 Å². The molecule has 27 heavy (non-hydrogen) atoms. The zero-order valence-electron chi connectivity index (χ0n) is 14.6. The zero-order chi connectivity index (χ0) is 19.0. The molecule has 0 aliphatic heterocycles. The molecule has 0 amide bonds. The Bertz CT molecular complexity index is 1210. The van der Waals surface area contributed by atoms with Gasteiger partial charge in [0, 0.05) is 15.8 Å². The Hall–Kier alpha value is -2.41. The van der Waals surface area contributed by atoms with Gasteiger partial charge in [0.15, 0.2) is 5.82 Å². The summed E-state index contributed by atoms with van der Waals surface area (Å²) in [7, 11) is 1.64. The molecule has 4 rings (SSSR count). The minimum atomic E-state index is -0.183. The van der Waals surface area contributed by atoms with E-state index in [1.807, 2.05) is 48.0 Å². The second-order valence-corrected chi connectivity index (χ2v) is 8.16. The minimum absolute atomic E-state index is 0.183. The van der Waals surface area contributed by atoms with Crippen molar-refractivity contribution in [2.75, 3.05) is 7.11 Å². The fourth-order valence-corrected chi connectivity index (χ4v) is 4.86. The fraction of sp³-hybridized carbons (Fsp3) is 0.100. The van der Waals surface area contributed by atoms with Gasteiger partial charge < -0.3 is 9.72 Å². The van der Waals surface area contributed by atoms with Crippen LogP contribution in [0.25, 0.3) is 31.8 Å². The Morgan fingerprint density at radius 2 is 2.15 bits per heavy atom. The predicted octanol–water partition coefficient (Wildman–Crippen LogP) is 5.77. The van der Waals surface area contributed by atoms with Crippen LogP contribution in [0.5, 0.6) is 5.75 Å². The van der Waals surface area contributed by atoms with E-state index in [2.05, 4.69) is 9.97 Å². The third kappa shape index (κ3) is 3.43. The van der Waals surface area contributed by atoms with Gasteiger partial charge in [-0.05, 0) is 47.7 Å². The SMILES string of the molecule is COc1ccc(/C=C(\Cl)c2nc3scc(-c4cccs4)c3c(=O)[nH]2)cc1C. The summed E-state index contributed by atoms with van der Waals surface area (Å²) in [6, 6.07) is 9.73. The summed E-state index contributed by atoms with van der Waals surface area (Å²) in [6.07, 6.45) is 1.78. The molecule has 0 aliphatic carbocycles. The Kier molecular flexibility index (Phi) is 4.86. The van der Waals surface area contributed by atoms with Crippen molar-refractivity contribution < 1.29 is 4.74 Å². The Labute approximate surface area is 168 Å². The number of hydrogen-bond donors (Lipinski definition) is 1. The lowest BCUT2D eigenvalue weighted by molar-refractivity contribution is 0.411. The lowest BCUT2D eigenvalue weighted by Gasteiger charge is -2.05. The van der Waals surface area contributed by atoms with Gasteiger partial charge in [0.1, 0.15) is 10.6 Å². The van der Waals surface area contributed by atoms with E-state index in [1.54, 1.807) is 24.5 Å². The van der Waals surface area contributed by atoms with Crippen molar-refractivity contribution >= 4 is 55.6 Å². The summed E-state index contributed by atoms with van der Waals surface area (Å²) in [6.45, 7) is 1.97. The molecule has 1 aromatic carbocycles. The van der Waals surface area contributed by atoms with Gasteiger partial charge in [0.25, 0.3) is 5.56 Å². The van der Waals surface area contributed by atoms with Gasteiger partial charge in [-0.25, -0.2) is 4.98 Å². The fourth-order valence-electron chi connectivity index (χ4n) is 2.88. The van der Waals surface area contributed by atoms with Crippen LogP contribution in [0.3, 0.4) is 0 Å². The molecule has 4 nitrogen and oxygen atoms in total. The largest absolute Gasteiger partial charge is 0.496 e. The maximum Gasteiger partial charge on any atom is 0.260 e. The maximum atomic E-state index is 12.7. The molecule has 0 fully saturated rings. The van der Waals surface area contributed by atoms with Crippen LogP contribution in [0.15, 0.2) is 45.9 Å². The van der Waals surface area contributed by atoms with Crippen LogP contribution in [0.1, 0.15) is 17.0 Å². The van der Waals surface area contributed by atoms with Crippen molar-refractivity contribution in [3.05, 3.63) is 68.4 Å². The van der Waals surface area contributed by atoms with Crippen molar-refractivity contribution in [2.45, 2.75) is 6.92 Å². The molecule has 0 saturated heterocycles. The Morgan fingerprint density at radius 1 is 1.30 bits per heavy atom. The van der Waals surface area contributed by atoms with Crippen molar-refractivity contribution in [3.63, 3.8) is 0 Å². The van der Waals surface area contributed by atoms with E-state index in [1.165, 1.54) is 11.3 Å².